The van der Waals surface area contributed by atoms with Crippen LogP contribution in [0.25, 0.3) is 0 Å². The zero-order valence-electron chi connectivity index (χ0n) is 13.6. The number of nitrogens with one attached hydrogen (secondary N) is 1. The van der Waals surface area contributed by atoms with Gasteiger partial charge in [0.1, 0.15) is 6.04 Å². The fourth-order valence-corrected chi connectivity index (χ4v) is 3.14. The van der Waals surface area contributed by atoms with Gasteiger partial charge in [-0.3, -0.25) is 9.59 Å². The third kappa shape index (κ3) is 3.25. The summed E-state index contributed by atoms with van der Waals surface area (Å²) in [5.41, 5.74) is 1.56. The highest BCUT2D eigenvalue weighted by molar-refractivity contribution is 6.45. The van der Waals surface area contributed by atoms with Crippen molar-refractivity contribution in [2.45, 2.75) is 19.4 Å². The molecular formula is C18H14Cl2N2O4. The molecule has 1 heterocycles. The molecule has 1 aliphatic rings. The molecule has 1 atom stereocenters. The number of anilines is 2. The second kappa shape index (κ2) is 6.97. The van der Waals surface area contributed by atoms with Crippen LogP contribution in [0.1, 0.15) is 22.3 Å². The molecule has 2 aromatic rings. The molecule has 0 aliphatic carbocycles. The summed E-state index contributed by atoms with van der Waals surface area (Å²) < 4.78 is 0. The van der Waals surface area contributed by atoms with Crippen LogP contribution in [0.3, 0.4) is 0 Å². The van der Waals surface area contributed by atoms with Gasteiger partial charge in [-0.1, -0.05) is 35.3 Å². The first kappa shape index (κ1) is 18.2. The summed E-state index contributed by atoms with van der Waals surface area (Å²) >= 11 is 12.1. The van der Waals surface area contributed by atoms with Gasteiger partial charge < -0.3 is 10.4 Å². The van der Waals surface area contributed by atoms with Crippen LogP contribution in [0.5, 0.6) is 0 Å². The molecule has 1 saturated heterocycles. The number of aryl methyl sites for hydroxylation is 1. The predicted molar refractivity (Wildman–Crippen MR) is 99.1 cm³/mol. The number of carboxylic acid groups (broad SMARTS) is 1. The second-order valence-electron chi connectivity index (χ2n) is 5.88. The molecule has 8 heteroatoms. The quantitative estimate of drug-likeness (QED) is 0.773. The van der Waals surface area contributed by atoms with Crippen LogP contribution in [-0.4, -0.2) is 28.9 Å². The first-order valence-corrected chi connectivity index (χ1v) is 8.46. The lowest BCUT2D eigenvalue weighted by Crippen LogP contribution is -2.35. The third-order valence-corrected chi connectivity index (χ3v) is 4.94. The smallest absolute Gasteiger partial charge is 0.335 e. The fraction of sp³-hybridized carbons (Fsp3) is 0.167. The Kier molecular flexibility index (Phi) is 4.89. The van der Waals surface area contributed by atoms with Crippen molar-refractivity contribution in [2.75, 3.05) is 10.2 Å². The number of amides is 2. The van der Waals surface area contributed by atoms with Gasteiger partial charge in [0.25, 0.3) is 5.91 Å². The van der Waals surface area contributed by atoms with E-state index in [1.165, 1.54) is 12.1 Å². The van der Waals surface area contributed by atoms with Crippen LogP contribution in [0.15, 0.2) is 36.4 Å². The lowest BCUT2D eigenvalue weighted by molar-refractivity contribution is -0.121. The number of carbonyl (C=O) groups excluding carboxylic acids is 2. The molecular weight excluding hydrogens is 379 g/mol. The second-order valence-corrected chi connectivity index (χ2v) is 6.66. The van der Waals surface area contributed by atoms with E-state index in [0.29, 0.717) is 5.69 Å². The summed E-state index contributed by atoms with van der Waals surface area (Å²) in [5, 5.41) is 12.5. The summed E-state index contributed by atoms with van der Waals surface area (Å²) in [6.45, 7) is 1.78. The number of hydrogen-bond acceptors (Lipinski definition) is 4. The highest BCUT2D eigenvalue weighted by Crippen LogP contribution is 2.35. The van der Waals surface area contributed by atoms with Crippen molar-refractivity contribution in [3.8, 4) is 0 Å². The zero-order valence-corrected chi connectivity index (χ0v) is 15.1. The minimum absolute atomic E-state index is 0.0710. The van der Waals surface area contributed by atoms with Crippen LogP contribution in [0, 0.1) is 6.92 Å². The third-order valence-electron chi connectivity index (χ3n) is 4.13. The van der Waals surface area contributed by atoms with Crippen molar-refractivity contribution in [1.82, 2.24) is 0 Å². The van der Waals surface area contributed by atoms with Crippen LogP contribution in [0.4, 0.5) is 11.4 Å². The Labute approximate surface area is 159 Å². The number of carbonyl (C=O) groups is 3. The molecule has 2 amide bonds. The minimum Gasteiger partial charge on any atom is -0.478 e. The van der Waals surface area contributed by atoms with Crippen LogP contribution >= 0.6 is 23.2 Å². The Balaban J connectivity index is 1.89. The summed E-state index contributed by atoms with van der Waals surface area (Å²) in [7, 11) is 0. The first-order chi connectivity index (χ1) is 12.3. The van der Waals surface area contributed by atoms with Gasteiger partial charge in [-0.15, -0.1) is 0 Å². The molecule has 1 unspecified atom stereocenters. The molecule has 0 saturated carbocycles. The molecule has 0 bridgehead atoms. The predicted octanol–water partition coefficient (Wildman–Crippen LogP) is 3.74. The van der Waals surface area contributed by atoms with Crippen molar-refractivity contribution in [3.05, 3.63) is 57.6 Å². The highest BCUT2D eigenvalue weighted by Gasteiger charge is 2.40. The first-order valence-electron chi connectivity index (χ1n) is 7.71. The maximum atomic E-state index is 12.7. The van der Waals surface area contributed by atoms with Gasteiger partial charge in [0.2, 0.25) is 5.91 Å². The van der Waals surface area contributed by atoms with E-state index in [1.807, 2.05) is 0 Å². The fourth-order valence-electron chi connectivity index (χ4n) is 2.76. The number of nitrogens with zero attached hydrogens (tertiary/aromatic N) is 1. The number of halogens is 2. The number of hydrogen-bond donors (Lipinski definition) is 2. The van der Waals surface area contributed by atoms with Gasteiger partial charge in [-0.05, 0) is 36.8 Å². The molecule has 2 N–H and O–H groups in total. The molecule has 0 spiro atoms. The van der Waals surface area contributed by atoms with Crippen LogP contribution in [-0.2, 0) is 9.59 Å². The lowest BCUT2D eigenvalue weighted by Gasteiger charge is -2.18. The maximum absolute atomic E-state index is 12.7. The highest BCUT2D eigenvalue weighted by atomic mass is 35.5. The Bertz CT molecular complexity index is 929. The summed E-state index contributed by atoms with van der Waals surface area (Å²) in [5.74, 6) is -1.96. The number of carboxylic acids is 1. The van der Waals surface area contributed by atoms with E-state index in [0.717, 1.165) is 10.5 Å². The molecule has 0 radical (unpaired) electrons. The normalized spacial score (nSPS) is 16.9. The van der Waals surface area contributed by atoms with Crippen molar-refractivity contribution >= 4 is 52.4 Å². The van der Waals surface area contributed by atoms with E-state index >= 15 is 0 Å². The summed E-state index contributed by atoms with van der Waals surface area (Å²) in [4.78, 5) is 37.3. The van der Waals surface area contributed by atoms with Crippen LogP contribution in [0.2, 0.25) is 10.0 Å². The molecule has 1 aliphatic heterocycles. The Hall–Kier alpha value is -2.57. The van der Waals surface area contributed by atoms with Gasteiger partial charge in [-0.25, -0.2) is 9.69 Å². The number of imide groups is 1. The zero-order chi connectivity index (χ0) is 19.0. The van der Waals surface area contributed by atoms with Crippen molar-refractivity contribution in [2.24, 2.45) is 0 Å². The van der Waals surface area contributed by atoms with Gasteiger partial charge in [0, 0.05) is 5.69 Å². The molecule has 26 heavy (non-hydrogen) atoms. The Morgan fingerprint density at radius 2 is 1.96 bits per heavy atom. The number of benzene rings is 2. The van der Waals surface area contributed by atoms with E-state index in [-0.39, 0.29) is 27.7 Å². The summed E-state index contributed by atoms with van der Waals surface area (Å²) in [6.07, 6.45) is -0.0710. The molecule has 134 valence electrons. The van der Waals surface area contributed by atoms with Crippen molar-refractivity contribution < 1.29 is 19.5 Å². The van der Waals surface area contributed by atoms with Crippen molar-refractivity contribution in [3.63, 3.8) is 0 Å². The Morgan fingerprint density at radius 1 is 1.23 bits per heavy atom. The average molecular weight is 393 g/mol. The molecule has 6 nitrogen and oxygen atoms in total. The van der Waals surface area contributed by atoms with Gasteiger partial charge >= 0.3 is 5.97 Å². The SMILES string of the molecule is Cc1ccc(C(=O)O)cc1NC1CC(=O)N(c2cccc(Cl)c2Cl)C1=O. The van der Waals surface area contributed by atoms with E-state index in [4.69, 9.17) is 28.3 Å². The van der Waals surface area contributed by atoms with Gasteiger partial charge in [0.05, 0.1) is 27.7 Å². The lowest BCUT2D eigenvalue weighted by atomic mass is 10.1. The number of aromatic carboxylic acids is 1. The van der Waals surface area contributed by atoms with E-state index in [2.05, 4.69) is 5.32 Å². The van der Waals surface area contributed by atoms with Crippen LogP contribution < -0.4 is 10.2 Å². The minimum atomic E-state index is -1.07. The molecule has 1 fully saturated rings. The largest absolute Gasteiger partial charge is 0.478 e. The molecule has 0 aromatic heterocycles. The van der Waals surface area contributed by atoms with E-state index < -0.39 is 23.8 Å². The molecule has 3 rings (SSSR count). The van der Waals surface area contributed by atoms with Crippen molar-refractivity contribution in [1.29, 1.82) is 0 Å². The molecule has 2 aromatic carbocycles. The van der Waals surface area contributed by atoms with Gasteiger partial charge in [-0.2, -0.15) is 0 Å². The Morgan fingerprint density at radius 3 is 2.65 bits per heavy atom. The van der Waals surface area contributed by atoms with E-state index in [1.54, 1.807) is 31.2 Å². The standard InChI is InChI=1S/C18H14Cl2N2O4/c1-9-5-6-10(18(25)26)7-12(9)21-13-8-15(23)22(17(13)24)14-4-2-3-11(19)16(14)20/h2-7,13,21H,8H2,1H3,(H,25,26). The maximum Gasteiger partial charge on any atom is 0.335 e. The van der Waals surface area contributed by atoms with Gasteiger partial charge in [0.15, 0.2) is 0 Å². The average Bonchev–Trinajstić information content (AvgIpc) is 2.86. The monoisotopic (exact) mass is 392 g/mol. The summed E-state index contributed by atoms with van der Waals surface area (Å²) in [6, 6.07) is 8.44. The van der Waals surface area contributed by atoms with E-state index in [9.17, 15) is 14.4 Å². The topological polar surface area (TPSA) is 86.7 Å². The number of rotatable bonds is 4.